The molecule has 0 unspecified atom stereocenters. The molecule has 0 saturated carbocycles. The Morgan fingerprint density at radius 1 is 1.42 bits per heavy atom. The zero-order valence-electron chi connectivity index (χ0n) is 13.6. The highest BCUT2D eigenvalue weighted by Crippen LogP contribution is 2.42. The zero-order valence-corrected chi connectivity index (χ0v) is 15.2. The number of nitrogens with zero attached hydrogens (tertiary/aromatic N) is 2. The van der Waals surface area contributed by atoms with Crippen molar-refractivity contribution in [3.63, 3.8) is 0 Å². The summed E-state index contributed by atoms with van der Waals surface area (Å²) in [5.41, 5.74) is 0.140. The molecule has 9 heteroatoms. The maximum atomic E-state index is 13.0. The van der Waals surface area contributed by atoms with Gasteiger partial charge < -0.3 is 10.6 Å². The highest BCUT2D eigenvalue weighted by atomic mass is 35.5. The number of aryl methyl sites for hydroxylation is 1. The number of carbonyl (C=O) groups excluding carboxylic acids is 3. The van der Waals surface area contributed by atoms with E-state index in [1.165, 1.54) is 6.20 Å². The molecule has 4 amide bonds. The topological polar surface area (TPSA) is 91.4 Å². The fourth-order valence-corrected chi connectivity index (χ4v) is 4.66. The van der Waals surface area contributed by atoms with Gasteiger partial charge in [0.15, 0.2) is 5.15 Å². The molecule has 2 aromatic heterocycles. The predicted molar refractivity (Wildman–Crippen MR) is 97.1 cm³/mol. The number of nitrogens with one attached hydrogen (secondary N) is 2. The molecule has 1 saturated heterocycles. The lowest BCUT2D eigenvalue weighted by molar-refractivity contribution is -0.134. The third-order valence-corrected chi connectivity index (χ3v) is 5.95. The maximum Gasteiger partial charge on any atom is 0.325 e. The number of fused-ring (bicyclic) bond motifs is 2. The van der Waals surface area contributed by atoms with Gasteiger partial charge in [-0.3, -0.25) is 14.5 Å². The molecule has 26 heavy (non-hydrogen) atoms. The van der Waals surface area contributed by atoms with Gasteiger partial charge in [0.1, 0.15) is 12.1 Å². The molecule has 1 spiro atoms. The first-order valence-electron chi connectivity index (χ1n) is 8.12. The molecule has 134 valence electrons. The van der Waals surface area contributed by atoms with Crippen LogP contribution in [0.4, 0.5) is 10.5 Å². The summed E-state index contributed by atoms with van der Waals surface area (Å²) in [7, 11) is 0. The van der Waals surface area contributed by atoms with Crippen LogP contribution in [0.5, 0.6) is 0 Å². The van der Waals surface area contributed by atoms with Gasteiger partial charge in [-0.1, -0.05) is 11.6 Å². The summed E-state index contributed by atoms with van der Waals surface area (Å²) < 4.78 is 0. The van der Waals surface area contributed by atoms with Gasteiger partial charge in [-0.05, 0) is 42.8 Å². The average molecular weight is 391 g/mol. The molecule has 1 atom stereocenters. The van der Waals surface area contributed by atoms with Crippen molar-refractivity contribution in [1.82, 2.24) is 15.2 Å². The number of rotatable bonds is 3. The third kappa shape index (κ3) is 2.65. The normalized spacial score (nSPS) is 21.7. The summed E-state index contributed by atoms with van der Waals surface area (Å²) in [6.45, 7) is -0.378. The standard InChI is InChI=1S/C17H15ClN4O3S/c18-14-11(3-2-7-19-14)20-13(23)9-22-15(24)17(21-16(22)25)6-1-4-12-10(17)5-8-26-12/h2-3,5,7-8H,1,4,6,9H2,(H,20,23)(H,21,25)/t17-/m0/s1. The van der Waals surface area contributed by atoms with E-state index in [0.29, 0.717) is 12.1 Å². The Kier molecular flexibility index (Phi) is 4.16. The summed E-state index contributed by atoms with van der Waals surface area (Å²) in [5, 5.41) is 7.47. The lowest BCUT2D eigenvalue weighted by atomic mass is 9.80. The quantitative estimate of drug-likeness (QED) is 0.622. The monoisotopic (exact) mass is 390 g/mol. The Bertz CT molecular complexity index is 915. The van der Waals surface area contributed by atoms with E-state index in [4.69, 9.17) is 11.6 Å². The van der Waals surface area contributed by atoms with Crippen LogP contribution < -0.4 is 10.6 Å². The van der Waals surface area contributed by atoms with Crippen LogP contribution in [0.15, 0.2) is 29.8 Å². The van der Waals surface area contributed by atoms with Crippen LogP contribution in [-0.2, 0) is 21.5 Å². The van der Waals surface area contributed by atoms with Crippen LogP contribution in [0.1, 0.15) is 23.3 Å². The third-order valence-electron chi connectivity index (χ3n) is 4.67. The van der Waals surface area contributed by atoms with Gasteiger partial charge in [-0.2, -0.15) is 0 Å². The van der Waals surface area contributed by atoms with Crippen LogP contribution in [0.2, 0.25) is 5.15 Å². The van der Waals surface area contributed by atoms with E-state index < -0.39 is 17.5 Å². The van der Waals surface area contributed by atoms with Crippen molar-refractivity contribution in [2.24, 2.45) is 0 Å². The smallest absolute Gasteiger partial charge is 0.322 e. The van der Waals surface area contributed by atoms with E-state index in [1.807, 2.05) is 11.4 Å². The first-order valence-corrected chi connectivity index (χ1v) is 9.38. The Balaban J connectivity index is 1.54. The Morgan fingerprint density at radius 3 is 3.08 bits per heavy atom. The Morgan fingerprint density at radius 2 is 2.27 bits per heavy atom. The molecule has 1 fully saturated rings. The molecule has 2 N–H and O–H groups in total. The van der Waals surface area contributed by atoms with Crippen molar-refractivity contribution < 1.29 is 14.4 Å². The molecule has 0 radical (unpaired) electrons. The van der Waals surface area contributed by atoms with Crippen LogP contribution in [-0.4, -0.2) is 34.3 Å². The number of imide groups is 1. The number of aromatic nitrogens is 1. The highest BCUT2D eigenvalue weighted by Gasteiger charge is 2.54. The number of anilines is 1. The molecular weight excluding hydrogens is 376 g/mol. The first-order chi connectivity index (χ1) is 12.5. The first kappa shape index (κ1) is 17.0. The highest BCUT2D eigenvalue weighted by molar-refractivity contribution is 7.10. The van der Waals surface area contributed by atoms with Gasteiger partial charge in [0, 0.05) is 16.6 Å². The van der Waals surface area contributed by atoms with Gasteiger partial charge in [-0.15, -0.1) is 11.3 Å². The number of hydrogen-bond acceptors (Lipinski definition) is 5. The average Bonchev–Trinajstić information content (AvgIpc) is 3.18. The molecule has 7 nitrogen and oxygen atoms in total. The number of pyridine rings is 1. The van der Waals surface area contributed by atoms with Crippen LogP contribution >= 0.6 is 22.9 Å². The van der Waals surface area contributed by atoms with Crippen molar-refractivity contribution in [1.29, 1.82) is 0 Å². The molecule has 1 aliphatic heterocycles. The Labute approximate surface area is 158 Å². The largest absolute Gasteiger partial charge is 0.325 e. The minimum Gasteiger partial charge on any atom is -0.322 e. The number of carbonyl (C=O) groups is 3. The van der Waals surface area contributed by atoms with Crippen molar-refractivity contribution in [2.45, 2.75) is 24.8 Å². The van der Waals surface area contributed by atoms with Crippen molar-refractivity contribution in [3.05, 3.63) is 45.4 Å². The van der Waals surface area contributed by atoms with Crippen molar-refractivity contribution in [3.8, 4) is 0 Å². The minimum atomic E-state index is -1.04. The van der Waals surface area contributed by atoms with E-state index in [9.17, 15) is 14.4 Å². The summed E-state index contributed by atoms with van der Waals surface area (Å²) in [6, 6.07) is 4.56. The Hall–Kier alpha value is -2.45. The molecule has 4 rings (SSSR count). The molecular formula is C17H15ClN4O3S. The summed E-state index contributed by atoms with van der Waals surface area (Å²) in [5.74, 6) is -0.893. The number of urea groups is 1. The number of hydrogen-bond donors (Lipinski definition) is 2. The number of amides is 4. The maximum absolute atomic E-state index is 13.0. The molecule has 0 aromatic carbocycles. The molecule has 2 aliphatic rings. The van der Waals surface area contributed by atoms with Gasteiger partial charge in [0.2, 0.25) is 5.91 Å². The summed E-state index contributed by atoms with van der Waals surface area (Å²) in [6.07, 6.45) is 3.75. The van der Waals surface area contributed by atoms with Gasteiger partial charge in [0.05, 0.1) is 5.69 Å². The van der Waals surface area contributed by atoms with Crippen LogP contribution in [0.3, 0.4) is 0 Å². The van der Waals surface area contributed by atoms with Gasteiger partial charge in [0.25, 0.3) is 5.91 Å². The predicted octanol–water partition coefficient (Wildman–Crippen LogP) is 2.52. The SMILES string of the molecule is O=C(CN1C(=O)N[C@]2(CCCc3sccc32)C1=O)Nc1cccnc1Cl. The van der Waals surface area contributed by atoms with E-state index in [0.717, 1.165) is 28.2 Å². The lowest BCUT2D eigenvalue weighted by Crippen LogP contribution is -2.46. The second-order valence-corrected chi connectivity index (χ2v) is 7.59. The van der Waals surface area contributed by atoms with E-state index >= 15 is 0 Å². The fourth-order valence-electron chi connectivity index (χ4n) is 3.50. The van der Waals surface area contributed by atoms with Gasteiger partial charge in [-0.25, -0.2) is 9.78 Å². The number of thiophene rings is 1. The van der Waals surface area contributed by atoms with E-state index in [-0.39, 0.29) is 17.6 Å². The van der Waals surface area contributed by atoms with E-state index in [1.54, 1.807) is 23.5 Å². The molecule has 3 heterocycles. The lowest BCUT2D eigenvalue weighted by Gasteiger charge is -2.31. The fraction of sp³-hybridized carbons (Fsp3) is 0.294. The van der Waals surface area contributed by atoms with Crippen molar-refractivity contribution >= 4 is 46.5 Å². The number of halogens is 1. The van der Waals surface area contributed by atoms with Gasteiger partial charge >= 0.3 is 6.03 Å². The van der Waals surface area contributed by atoms with Crippen LogP contribution in [0, 0.1) is 0 Å². The second kappa shape index (κ2) is 6.37. The van der Waals surface area contributed by atoms with E-state index in [2.05, 4.69) is 15.6 Å². The zero-order chi connectivity index (χ0) is 18.3. The summed E-state index contributed by atoms with van der Waals surface area (Å²) >= 11 is 7.50. The molecule has 0 bridgehead atoms. The van der Waals surface area contributed by atoms with Crippen LogP contribution in [0.25, 0.3) is 0 Å². The summed E-state index contributed by atoms with van der Waals surface area (Å²) in [4.78, 5) is 43.7. The minimum absolute atomic E-state index is 0.143. The molecule has 1 aliphatic carbocycles. The molecule has 2 aromatic rings. The second-order valence-electron chi connectivity index (χ2n) is 6.23. The van der Waals surface area contributed by atoms with Crippen molar-refractivity contribution in [2.75, 3.05) is 11.9 Å².